The van der Waals surface area contributed by atoms with Gasteiger partial charge in [-0.1, -0.05) is 30.3 Å². The lowest BCUT2D eigenvalue weighted by Gasteiger charge is -2.28. The van der Waals surface area contributed by atoms with Crippen molar-refractivity contribution < 1.29 is 9.90 Å². The Hall–Kier alpha value is -1.43. The van der Waals surface area contributed by atoms with Gasteiger partial charge < -0.3 is 16.2 Å². The van der Waals surface area contributed by atoms with Crippen LogP contribution in [0.5, 0.6) is 0 Å². The van der Waals surface area contributed by atoms with Gasteiger partial charge >= 0.3 is 0 Å². The number of rotatable bonds is 7. The lowest BCUT2D eigenvalue weighted by atomic mass is 10.0. The van der Waals surface area contributed by atoms with Crippen LogP contribution >= 0.6 is 0 Å². The molecule has 1 saturated heterocycles. The lowest BCUT2D eigenvalue weighted by Crippen LogP contribution is -2.50. The third kappa shape index (κ3) is 4.53. The molecule has 1 aromatic rings. The van der Waals surface area contributed by atoms with Gasteiger partial charge in [0.15, 0.2) is 0 Å². The zero-order valence-corrected chi connectivity index (χ0v) is 13.2. The van der Waals surface area contributed by atoms with E-state index >= 15 is 0 Å². The van der Waals surface area contributed by atoms with Crippen molar-refractivity contribution in [1.29, 1.82) is 0 Å². The Morgan fingerprint density at radius 3 is 2.86 bits per heavy atom. The molecule has 1 amide bonds. The summed E-state index contributed by atoms with van der Waals surface area (Å²) in [4.78, 5) is 14.1. The monoisotopic (exact) mass is 305 g/mol. The van der Waals surface area contributed by atoms with E-state index in [0.717, 1.165) is 24.9 Å². The molecule has 5 nitrogen and oxygen atoms in total. The first-order valence-electron chi connectivity index (χ1n) is 8.11. The van der Waals surface area contributed by atoms with E-state index in [4.69, 9.17) is 5.73 Å². The summed E-state index contributed by atoms with van der Waals surface area (Å²) in [7, 11) is 0. The fraction of sp³-hybridized carbons (Fsp3) is 0.588. The molecule has 5 heteroatoms. The number of nitrogens with zero attached hydrogens (tertiary/aromatic N) is 1. The minimum atomic E-state index is -0.629. The normalized spacial score (nSPS) is 21.5. The Labute approximate surface area is 132 Å². The zero-order valence-electron chi connectivity index (χ0n) is 13.2. The quantitative estimate of drug-likeness (QED) is 0.686. The van der Waals surface area contributed by atoms with Crippen LogP contribution in [0.3, 0.4) is 0 Å². The molecular formula is C17H27N3O2. The van der Waals surface area contributed by atoms with Crippen LogP contribution in [0.15, 0.2) is 30.3 Å². The van der Waals surface area contributed by atoms with E-state index < -0.39 is 6.10 Å². The number of hydrogen-bond donors (Lipinski definition) is 3. The number of hydrogen-bond acceptors (Lipinski definition) is 4. The van der Waals surface area contributed by atoms with Crippen LogP contribution in [-0.2, 0) is 11.2 Å². The summed E-state index contributed by atoms with van der Waals surface area (Å²) in [5, 5.41) is 13.2. The smallest absolute Gasteiger partial charge is 0.237 e. The Bertz CT molecular complexity index is 466. The second-order valence-electron chi connectivity index (χ2n) is 5.97. The minimum absolute atomic E-state index is 0.0591. The molecule has 1 fully saturated rings. The van der Waals surface area contributed by atoms with Gasteiger partial charge in [-0.2, -0.15) is 0 Å². The van der Waals surface area contributed by atoms with Crippen LogP contribution in [-0.4, -0.2) is 53.7 Å². The molecule has 1 aliphatic heterocycles. The van der Waals surface area contributed by atoms with Crippen molar-refractivity contribution in [2.24, 2.45) is 5.73 Å². The van der Waals surface area contributed by atoms with Crippen molar-refractivity contribution >= 4 is 5.91 Å². The lowest BCUT2D eigenvalue weighted by molar-refractivity contribution is -0.125. The fourth-order valence-corrected chi connectivity index (χ4v) is 3.03. The molecule has 1 heterocycles. The highest BCUT2D eigenvalue weighted by Crippen LogP contribution is 2.18. The van der Waals surface area contributed by atoms with Gasteiger partial charge in [-0.15, -0.1) is 0 Å². The first-order chi connectivity index (χ1) is 10.6. The van der Waals surface area contributed by atoms with E-state index in [0.29, 0.717) is 19.5 Å². The molecular weight excluding hydrogens is 278 g/mol. The Kier molecular flexibility index (Phi) is 6.36. The van der Waals surface area contributed by atoms with Crippen LogP contribution in [0.1, 0.15) is 25.3 Å². The number of aliphatic hydroxyl groups excluding tert-OH is 1. The Morgan fingerprint density at radius 2 is 2.18 bits per heavy atom. The molecule has 4 N–H and O–H groups in total. The number of aliphatic hydroxyl groups is 1. The summed E-state index contributed by atoms with van der Waals surface area (Å²) in [6, 6.07) is 9.49. The highest BCUT2D eigenvalue weighted by Gasteiger charge is 2.32. The second-order valence-corrected chi connectivity index (χ2v) is 5.97. The summed E-state index contributed by atoms with van der Waals surface area (Å²) in [6.07, 6.45) is 1.85. The number of carbonyl (C=O) groups is 1. The molecule has 0 unspecified atom stereocenters. The molecule has 1 aromatic carbocycles. The molecule has 0 aromatic heterocycles. The van der Waals surface area contributed by atoms with E-state index in [2.05, 4.69) is 10.2 Å². The van der Waals surface area contributed by atoms with Gasteiger partial charge in [0.05, 0.1) is 12.1 Å². The number of likely N-dealkylation sites (N-methyl/N-ethyl adjacent to an activating group) is 1. The predicted octanol–water partition coefficient (Wildman–Crippen LogP) is 0.518. The average Bonchev–Trinajstić information content (AvgIpc) is 2.96. The molecule has 0 saturated carbocycles. The van der Waals surface area contributed by atoms with E-state index in [1.165, 1.54) is 0 Å². The fourth-order valence-electron chi connectivity index (χ4n) is 3.03. The number of nitrogens with two attached hydrogens (primary N) is 1. The maximum absolute atomic E-state index is 12.0. The highest BCUT2D eigenvalue weighted by atomic mass is 16.3. The molecule has 0 bridgehead atoms. The Morgan fingerprint density at radius 1 is 1.45 bits per heavy atom. The molecule has 1 aliphatic rings. The number of amides is 1. The Balaban J connectivity index is 1.87. The van der Waals surface area contributed by atoms with Crippen LogP contribution in [0.2, 0.25) is 0 Å². The average molecular weight is 305 g/mol. The SMILES string of the molecule is CCNC(=O)[C@@H]1CCCN1C[C@H](O)[C@H](N)Cc1ccccc1. The number of carbonyl (C=O) groups excluding carboxylic acids is 1. The maximum Gasteiger partial charge on any atom is 0.237 e. The van der Waals surface area contributed by atoms with Crippen molar-refractivity contribution in [2.75, 3.05) is 19.6 Å². The number of likely N-dealkylation sites (tertiary alicyclic amines) is 1. The van der Waals surface area contributed by atoms with Crippen LogP contribution in [0.25, 0.3) is 0 Å². The molecule has 122 valence electrons. The van der Waals surface area contributed by atoms with Gasteiger partial charge in [0, 0.05) is 19.1 Å². The van der Waals surface area contributed by atoms with Gasteiger partial charge in [0.1, 0.15) is 0 Å². The van der Waals surface area contributed by atoms with Gasteiger partial charge in [-0.3, -0.25) is 9.69 Å². The van der Waals surface area contributed by atoms with Crippen molar-refractivity contribution in [3.05, 3.63) is 35.9 Å². The van der Waals surface area contributed by atoms with E-state index in [9.17, 15) is 9.90 Å². The molecule has 3 atom stereocenters. The van der Waals surface area contributed by atoms with Gasteiger partial charge in [0.25, 0.3) is 0 Å². The van der Waals surface area contributed by atoms with E-state index in [1.807, 2.05) is 37.3 Å². The number of nitrogens with one attached hydrogen (secondary N) is 1. The first kappa shape index (κ1) is 16.9. The summed E-state index contributed by atoms with van der Waals surface area (Å²) in [5.41, 5.74) is 7.25. The topological polar surface area (TPSA) is 78.6 Å². The summed E-state index contributed by atoms with van der Waals surface area (Å²) in [5.74, 6) is 0.0591. The molecule has 2 rings (SSSR count). The second kappa shape index (κ2) is 8.27. The third-order valence-electron chi connectivity index (χ3n) is 4.25. The molecule has 0 spiro atoms. The maximum atomic E-state index is 12.0. The molecule has 0 aliphatic carbocycles. The van der Waals surface area contributed by atoms with Crippen LogP contribution < -0.4 is 11.1 Å². The summed E-state index contributed by atoms with van der Waals surface area (Å²) < 4.78 is 0. The minimum Gasteiger partial charge on any atom is -0.390 e. The van der Waals surface area contributed by atoms with Gasteiger partial charge in [-0.05, 0) is 38.3 Å². The van der Waals surface area contributed by atoms with Gasteiger partial charge in [0.2, 0.25) is 5.91 Å². The number of benzene rings is 1. The van der Waals surface area contributed by atoms with Crippen LogP contribution in [0, 0.1) is 0 Å². The standard InChI is InChI=1S/C17H27N3O2/c1-2-19-17(22)15-9-6-10-20(15)12-16(21)14(18)11-13-7-4-3-5-8-13/h3-5,7-8,14-16,21H,2,6,9-12,18H2,1H3,(H,19,22)/t14-,15+,16+/m1/s1. The predicted molar refractivity (Wildman–Crippen MR) is 87.4 cm³/mol. The van der Waals surface area contributed by atoms with Crippen molar-refractivity contribution in [1.82, 2.24) is 10.2 Å². The third-order valence-corrected chi connectivity index (χ3v) is 4.25. The van der Waals surface area contributed by atoms with E-state index in [1.54, 1.807) is 0 Å². The molecule has 22 heavy (non-hydrogen) atoms. The summed E-state index contributed by atoms with van der Waals surface area (Å²) in [6.45, 7) is 3.85. The number of β-amino-alcohol motifs (C(OH)–C–C–N with tert-alkyl or cyclic N) is 1. The van der Waals surface area contributed by atoms with Crippen molar-refractivity contribution in [3.8, 4) is 0 Å². The zero-order chi connectivity index (χ0) is 15.9. The highest BCUT2D eigenvalue weighted by molar-refractivity contribution is 5.81. The van der Waals surface area contributed by atoms with Crippen molar-refractivity contribution in [3.63, 3.8) is 0 Å². The van der Waals surface area contributed by atoms with Crippen LogP contribution in [0.4, 0.5) is 0 Å². The molecule has 0 radical (unpaired) electrons. The van der Waals surface area contributed by atoms with E-state index in [-0.39, 0.29) is 18.0 Å². The van der Waals surface area contributed by atoms with Crippen molar-refractivity contribution in [2.45, 2.75) is 44.4 Å². The van der Waals surface area contributed by atoms with Gasteiger partial charge in [-0.25, -0.2) is 0 Å². The summed E-state index contributed by atoms with van der Waals surface area (Å²) >= 11 is 0. The largest absolute Gasteiger partial charge is 0.390 e. The first-order valence-corrected chi connectivity index (χ1v) is 8.11.